The van der Waals surface area contributed by atoms with Crippen molar-refractivity contribution in [2.45, 2.75) is 45.0 Å². The summed E-state index contributed by atoms with van der Waals surface area (Å²) >= 11 is 0. The van der Waals surface area contributed by atoms with Crippen LogP contribution in [0.2, 0.25) is 0 Å². The van der Waals surface area contributed by atoms with Crippen LogP contribution < -0.4 is 5.32 Å². The van der Waals surface area contributed by atoms with Gasteiger partial charge in [0.15, 0.2) is 6.29 Å². The average Bonchev–Trinajstić information content (AvgIpc) is 3.04. The molecular formula is C36H40N2O5. The molecule has 2 N–H and O–H groups in total. The van der Waals surface area contributed by atoms with Crippen LogP contribution in [0, 0.1) is 5.92 Å². The van der Waals surface area contributed by atoms with Gasteiger partial charge in [0.1, 0.15) is 6.61 Å². The molecule has 1 amide bonds. The van der Waals surface area contributed by atoms with E-state index in [0.717, 1.165) is 16.7 Å². The maximum atomic E-state index is 12.2. The largest absolute Gasteiger partial charge is 0.445 e. The van der Waals surface area contributed by atoms with Crippen molar-refractivity contribution in [1.82, 2.24) is 4.90 Å². The molecule has 1 heterocycles. The third-order valence-corrected chi connectivity index (χ3v) is 8.25. The lowest BCUT2D eigenvalue weighted by Crippen LogP contribution is -2.44. The first-order chi connectivity index (χ1) is 20.9. The number of hydrogen-bond donors (Lipinski definition) is 2. The second-order valence-corrected chi connectivity index (χ2v) is 11.2. The summed E-state index contributed by atoms with van der Waals surface area (Å²) in [4.78, 5) is 14.5. The fourth-order valence-electron chi connectivity index (χ4n) is 5.54. The van der Waals surface area contributed by atoms with Crippen molar-refractivity contribution < 1.29 is 24.1 Å². The lowest BCUT2D eigenvalue weighted by molar-refractivity contribution is -0.276. The van der Waals surface area contributed by atoms with Crippen LogP contribution in [-0.2, 0) is 20.8 Å². The molecule has 4 aromatic rings. The first kappa shape index (κ1) is 30.4. The minimum Gasteiger partial charge on any atom is -0.445 e. The number of ether oxygens (including phenoxy) is 3. The number of anilines is 1. The minimum atomic E-state index is -0.654. The van der Waals surface area contributed by atoms with Gasteiger partial charge in [0.25, 0.3) is 0 Å². The van der Waals surface area contributed by atoms with E-state index in [9.17, 15) is 9.90 Å². The molecule has 7 nitrogen and oxygen atoms in total. The van der Waals surface area contributed by atoms with Crippen molar-refractivity contribution in [1.29, 1.82) is 0 Å². The summed E-state index contributed by atoms with van der Waals surface area (Å²) in [6.45, 7) is 8.76. The fourth-order valence-corrected chi connectivity index (χ4v) is 5.54. The molecule has 0 bridgehead atoms. The van der Waals surface area contributed by atoms with Gasteiger partial charge in [-0.15, -0.1) is 0 Å². The Kier molecular flexibility index (Phi) is 9.89. The maximum Gasteiger partial charge on any atom is 0.411 e. The topological polar surface area (TPSA) is 80.3 Å². The van der Waals surface area contributed by atoms with Gasteiger partial charge in [-0.25, -0.2) is 4.79 Å². The highest BCUT2D eigenvalue weighted by Crippen LogP contribution is 2.42. The molecule has 1 saturated heterocycles. The van der Waals surface area contributed by atoms with Crippen LogP contribution in [0.15, 0.2) is 104 Å². The van der Waals surface area contributed by atoms with Crippen LogP contribution in [0.5, 0.6) is 0 Å². The van der Waals surface area contributed by atoms with Crippen molar-refractivity contribution in [3.05, 3.63) is 126 Å². The molecule has 5 unspecified atom stereocenters. The molecule has 1 aliphatic heterocycles. The van der Waals surface area contributed by atoms with Gasteiger partial charge in [0.05, 0.1) is 18.8 Å². The fraction of sp³-hybridized carbons (Fsp3) is 0.306. The van der Waals surface area contributed by atoms with E-state index in [1.807, 2.05) is 42.5 Å². The summed E-state index contributed by atoms with van der Waals surface area (Å²) < 4.78 is 18.4. The lowest BCUT2D eigenvalue weighted by atomic mass is 9.89. The lowest BCUT2D eigenvalue weighted by Gasteiger charge is -2.43. The summed E-state index contributed by atoms with van der Waals surface area (Å²) in [5.74, 6) is 0.0395. The molecule has 224 valence electrons. The Bertz CT molecular complexity index is 1540. The molecule has 5 atom stereocenters. The number of nitrogens with one attached hydrogen (secondary N) is 1. The van der Waals surface area contributed by atoms with Crippen LogP contribution in [0.1, 0.15) is 54.5 Å². The number of carbonyl (C=O) groups is 1. The Morgan fingerprint density at radius 1 is 1.00 bits per heavy atom. The first-order valence-electron chi connectivity index (χ1n) is 14.7. The summed E-state index contributed by atoms with van der Waals surface area (Å²) in [6, 6.07) is 30.5. The molecule has 0 saturated carbocycles. The van der Waals surface area contributed by atoms with Crippen LogP contribution in [0.3, 0.4) is 0 Å². The molecule has 0 radical (unpaired) electrons. The summed E-state index contributed by atoms with van der Waals surface area (Å²) in [5.41, 5.74) is 4.49. The number of carbonyl (C=O) groups excluding carboxylic acids is 1. The third kappa shape index (κ3) is 7.32. The highest BCUT2D eigenvalue weighted by molar-refractivity contribution is 5.84. The average molecular weight is 581 g/mol. The van der Waals surface area contributed by atoms with E-state index in [1.54, 1.807) is 6.07 Å². The van der Waals surface area contributed by atoms with Crippen molar-refractivity contribution in [3.8, 4) is 0 Å². The molecule has 43 heavy (non-hydrogen) atoms. The second kappa shape index (κ2) is 14.0. The quantitative estimate of drug-likeness (QED) is 0.189. The van der Waals surface area contributed by atoms with E-state index < -0.39 is 12.4 Å². The van der Waals surface area contributed by atoms with E-state index in [1.165, 1.54) is 22.4 Å². The number of aliphatic hydroxyl groups is 1. The molecule has 4 aromatic carbocycles. The van der Waals surface area contributed by atoms with Gasteiger partial charge in [-0.1, -0.05) is 92.4 Å². The van der Waals surface area contributed by atoms with Crippen LogP contribution in [-0.4, -0.2) is 42.4 Å². The predicted octanol–water partition coefficient (Wildman–Crippen LogP) is 7.55. The molecule has 1 fully saturated rings. The first-order valence-corrected chi connectivity index (χ1v) is 14.7. The van der Waals surface area contributed by atoms with Crippen LogP contribution in [0.25, 0.3) is 10.8 Å². The zero-order valence-corrected chi connectivity index (χ0v) is 25.0. The summed E-state index contributed by atoms with van der Waals surface area (Å²) in [6.07, 6.45) is -0.0795. The minimum absolute atomic E-state index is 0.0117. The Balaban J connectivity index is 1.39. The van der Waals surface area contributed by atoms with E-state index in [0.29, 0.717) is 12.2 Å². The van der Waals surface area contributed by atoms with E-state index in [2.05, 4.69) is 80.2 Å². The summed E-state index contributed by atoms with van der Waals surface area (Å²) in [7, 11) is 2.13. The van der Waals surface area contributed by atoms with Gasteiger partial charge in [-0.3, -0.25) is 10.2 Å². The number of benzene rings is 4. The Morgan fingerprint density at radius 3 is 2.51 bits per heavy atom. The monoisotopic (exact) mass is 580 g/mol. The van der Waals surface area contributed by atoms with Crippen LogP contribution in [0.4, 0.5) is 10.5 Å². The highest BCUT2D eigenvalue weighted by atomic mass is 16.7. The molecule has 0 aliphatic carbocycles. The number of rotatable bonds is 10. The molecule has 0 spiro atoms. The predicted molar refractivity (Wildman–Crippen MR) is 170 cm³/mol. The van der Waals surface area contributed by atoms with Crippen molar-refractivity contribution >= 4 is 22.6 Å². The number of fused-ring (bicyclic) bond motifs is 1. The van der Waals surface area contributed by atoms with Gasteiger partial charge < -0.3 is 19.3 Å². The van der Waals surface area contributed by atoms with Crippen LogP contribution >= 0.6 is 0 Å². The number of nitrogens with zero attached hydrogens (tertiary/aromatic N) is 1. The number of likely N-dealkylation sites (N-methyl/N-ethyl adjacent to an activating group) is 1. The van der Waals surface area contributed by atoms with Crippen molar-refractivity contribution in [3.63, 3.8) is 0 Å². The standard InChI is InChI=1S/C36H40N2O5/c1-5-19-41-36(40)37-32-12-8-11-31(21-32)35-42-33(24(2)34(43-35)28-15-13-26(23-39)14-16-28)22-38(4)25(3)29-18-17-27-9-6-7-10-30(27)20-29/h5-18,20-21,24-25,33-35,39H,1,19,22-23H2,2-4H3,(H,37,40). The van der Waals surface area contributed by atoms with Gasteiger partial charge >= 0.3 is 6.09 Å². The van der Waals surface area contributed by atoms with Gasteiger partial charge in [0, 0.05) is 29.8 Å². The molecule has 1 aliphatic rings. The molecule has 5 rings (SSSR count). The second-order valence-electron chi connectivity index (χ2n) is 11.2. The third-order valence-electron chi connectivity index (χ3n) is 8.25. The van der Waals surface area contributed by atoms with Gasteiger partial charge in [-0.2, -0.15) is 0 Å². The Morgan fingerprint density at radius 2 is 1.77 bits per heavy atom. The Labute approximate surface area is 253 Å². The van der Waals surface area contributed by atoms with Gasteiger partial charge in [-0.05, 0) is 59.6 Å². The van der Waals surface area contributed by atoms with Crippen molar-refractivity contribution in [2.75, 3.05) is 25.5 Å². The Hall–Kier alpha value is -4.01. The molecular weight excluding hydrogens is 540 g/mol. The van der Waals surface area contributed by atoms with E-state index >= 15 is 0 Å². The smallest absolute Gasteiger partial charge is 0.411 e. The zero-order valence-electron chi connectivity index (χ0n) is 25.0. The summed E-state index contributed by atoms with van der Waals surface area (Å²) in [5, 5.41) is 14.8. The normalized spacial score (nSPS) is 21.0. The van der Waals surface area contributed by atoms with E-state index in [-0.39, 0.29) is 37.4 Å². The van der Waals surface area contributed by atoms with Crippen molar-refractivity contribution in [2.24, 2.45) is 5.92 Å². The number of aliphatic hydroxyl groups excluding tert-OH is 1. The van der Waals surface area contributed by atoms with Gasteiger partial charge in [0.2, 0.25) is 0 Å². The molecule has 0 aromatic heterocycles. The van der Waals surface area contributed by atoms with E-state index in [4.69, 9.17) is 14.2 Å². The number of hydrogen-bond acceptors (Lipinski definition) is 6. The molecule has 7 heteroatoms. The maximum absolute atomic E-state index is 12.2. The zero-order chi connectivity index (χ0) is 30.3. The highest BCUT2D eigenvalue weighted by Gasteiger charge is 2.39. The number of amides is 1. The SMILES string of the molecule is C=CCOC(=O)Nc1cccc(C2OC(CN(C)C(C)c3ccc4ccccc4c3)C(C)C(c3ccc(CO)cc3)O2)c1.